The third-order valence-corrected chi connectivity index (χ3v) is 5.20. The monoisotopic (exact) mass is 360 g/mol. The van der Waals surface area contributed by atoms with Crippen molar-refractivity contribution in [1.29, 1.82) is 0 Å². The molecule has 1 aliphatic heterocycles. The van der Waals surface area contributed by atoms with Gasteiger partial charge in [0.05, 0.1) is 5.71 Å². The Morgan fingerprint density at radius 3 is 2.62 bits per heavy atom. The summed E-state index contributed by atoms with van der Waals surface area (Å²) < 4.78 is 10.7. The van der Waals surface area contributed by atoms with Crippen molar-refractivity contribution in [3.05, 3.63) is 23.8 Å². The van der Waals surface area contributed by atoms with Crippen molar-refractivity contribution >= 4 is 11.6 Å². The first kappa shape index (κ1) is 18.5. The number of rotatable bonds is 5. The van der Waals surface area contributed by atoms with E-state index in [9.17, 15) is 4.79 Å². The van der Waals surface area contributed by atoms with E-state index < -0.39 is 0 Å². The summed E-state index contributed by atoms with van der Waals surface area (Å²) in [6, 6.07) is 5.94. The van der Waals surface area contributed by atoms with Crippen LogP contribution in [0.5, 0.6) is 11.5 Å². The molecule has 1 heterocycles. The summed E-state index contributed by atoms with van der Waals surface area (Å²) in [6.07, 6.45) is 8.43. The molecule has 1 saturated carbocycles. The molecular weight excluding hydrogens is 332 g/mol. The number of likely N-dealkylation sites (N-methyl/N-ethyl adjacent to an activating group) is 1. The van der Waals surface area contributed by atoms with E-state index in [1.165, 1.54) is 32.1 Å². The minimum Gasteiger partial charge on any atom is -0.454 e. The molecule has 1 amide bonds. The zero-order valence-electron chi connectivity index (χ0n) is 15.7. The maximum Gasteiger partial charge on any atom is 0.263 e. The number of fused-ring (bicyclic) bond motifs is 1. The average molecular weight is 360 g/mol. The molecule has 1 aromatic rings. The van der Waals surface area contributed by atoms with E-state index in [1.54, 1.807) is 0 Å². The molecule has 1 aromatic carbocycles. The lowest BCUT2D eigenvalue weighted by Gasteiger charge is -2.29. The highest BCUT2D eigenvalue weighted by Crippen LogP contribution is 2.32. The van der Waals surface area contributed by atoms with E-state index >= 15 is 0 Å². The second-order valence-corrected chi connectivity index (χ2v) is 7.02. The SMILES string of the molecule is CC(=NOCC(=O)N(C)C1CCCCCCC1)c1ccc2c(c1)OCO2. The van der Waals surface area contributed by atoms with Crippen LogP contribution in [0, 0.1) is 0 Å². The maximum atomic E-state index is 12.4. The molecule has 3 rings (SSSR count). The van der Waals surface area contributed by atoms with Crippen molar-refractivity contribution in [2.45, 2.75) is 57.9 Å². The smallest absolute Gasteiger partial charge is 0.263 e. The quantitative estimate of drug-likeness (QED) is 0.593. The zero-order valence-corrected chi connectivity index (χ0v) is 15.7. The number of ether oxygens (including phenoxy) is 2. The largest absolute Gasteiger partial charge is 0.454 e. The first-order valence-electron chi connectivity index (χ1n) is 9.47. The van der Waals surface area contributed by atoms with E-state index in [0.29, 0.717) is 17.5 Å². The summed E-state index contributed by atoms with van der Waals surface area (Å²) in [7, 11) is 1.88. The van der Waals surface area contributed by atoms with Gasteiger partial charge in [0.2, 0.25) is 6.79 Å². The predicted octanol–water partition coefficient (Wildman–Crippen LogP) is 3.73. The Balaban J connectivity index is 1.51. The number of oxime groups is 1. The predicted molar refractivity (Wildman–Crippen MR) is 99.6 cm³/mol. The van der Waals surface area contributed by atoms with Crippen molar-refractivity contribution in [2.24, 2.45) is 5.16 Å². The molecule has 6 nitrogen and oxygen atoms in total. The molecule has 0 radical (unpaired) electrons. The Bertz CT molecular complexity index is 651. The fourth-order valence-electron chi connectivity index (χ4n) is 3.49. The van der Waals surface area contributed by atoms with Crippen LogP contribution in [0.3, 0.4) is 0 Å². The first-order valence-corrected chi connectivity index (χ1v) is 9.47. The topological polar surface area (TPSA) is 60.4 Å². The summed E-state index contributed by atoms with van der Waals surface area (Å²) in [5.41, 5.74) is 1.58. The molecule has 0 spiro atoms. The van der Waals surface area contributed by atoms with Gasteiger partial charge in [-0.1, -0.05) is 37.3 Å². The summed E-state index contributed by atoms with van der Waals surface area (Å²) in [5.74, 6) is 1.42. The third-order valence-electron chi connectivity index (χ3n) is 5.20. The van der Waals surface area contributed by atoms with Crippen molar-refractivity contribution in [2.75, 3.05) is 20.4 Å². The summed E-state index contributed by atoms with van der Waals surface area (Å²) in [6.45, 7) is 2.06. The molecule has 142 valence electrons. The average Bonchev–Trinajstić information content (AvgIpc) is 3.08. The molecule has 0 N–H and O–H groups in total. The Morgan fingerprint density at radius 2 is 1.85 bits per heavy atom. The summed E-state index contributed by atoms with van der Waals surface area (Å²) in [4.78, 5) is 19.6. The van der Waals surface area contributed by atoms with Crippen LogP contribution in [0.4, 0.5) is 0 Å². The molecule has 2 aliphatic rings. The van der Waals surface area contributed by atoms with Crippen LogP contribution in [0.2, 0.25) is 0 Å². The van der Waals surface area contributed by atoms with Crippen LogP contribution in [0.25, 0.3) is 0 Å². The summed E-state index contributed by atoms with van der Waals surface area (Å²) in [5, 5.41) is 4.09. The number of benzene rings is 1. The molecule has 6 heteroatoms. The molecule has 1 fully saturated rings. The number of hydrogen-bond acceptors (Lipinski definition) is 5. The zero-order chi connectivity index (χ0) is 18.4. The van der Waals surface area contributed by atoms with Crippen LogP contribution < -0.4 is 9.47 Å². The molecular formula is C20H28N2O4. The molecule has 1 aliphatic carbocycles. The van der Waals surface area contributed by atoms with E-state index in [0.717, 1.165) is 24.2 Å². The number of carbonyl (C=O) groups is 1. The van der Waals surface area contributed by atoms with Crippen molar-refractivity contribution < 1.29 is 19.1 Å². The number of amides is 1. The summed E-state index contributed by atoms with van der Waals surface area (Å²) >= 11 is 0. The van der Waals surface area contributed by atoms with Crippen molar-refractivity contribution in [3.63, 3.8) is 0 Å². The molecule has 0 aromatic heterocycles. The standard InChI is InChI=1S/C20H28N2O4/c1-15(16-10-11-18-19(12-16)25-14-24-18)21-26-13-20(23)22(2)17-8-6-4-3-5-7-9-17/h10-12,17H,3-9,13-14H2,1-2H3. The van der Waals surface area contributed by atoms with Crippen molar-refractivity contribution in [3.8, 4) is 11.5 Å². The number of carbonyl (C=O) groups excluding carboxylic acids is 1. The first-order chi connectivity index (χ1) is 12.6. The Hall–Kier alpha value is -2.24. The molecule has 0 unspecified atom stereocenters. The van der Waals surface area contributed by atoms with Gasteiger partial charge in [-0.15, -0.1) is 0 Å². The van der Waals surface area contributed by atoms with Crippen LogP contribution in [-0.2, 0) is 9.63 Å². The van der Waals surface area contributed by atoms with Gasteiger partial charge in [0.1, 0.15) is 0 Å². The lowest BCUT2D eigenvalue weighted by atomic mass is 9.96. The van der Waals surface area contributed by atoms with Gasteiger partial charge in [-0.05, 0) is 38.0 Å². The Kier molecular flexibility index (Phi) is 6.36. The number of nitrogens with zero attached hydrogens (tertiary/aromatic N) is 2. The van der Waals surface area contributed by atoms with E-state index in [1.807, 2.05) is 37.1 Å². The fourth-order valence-corrected chi connectivity index (χ4v) is 3.49. The van der Waals surface area contributed by atoms with E-state index in [2.05, 4.69) is 5.16 Å². The lowest BCUT2D eigenvalue weighted by Crippen LogP contribution is -2.39. The van der Waals surface area contributed by atoms with Crippen LogP contribution in [0.15, 0.2) is 23.4 Å². The molecule has 0 bridgehead atoms. The Labute approximate surface area is 155 Å². The van der Waals surface area contributed by atoms with Crippen molar-refractivity contribution in [1.82, 2.24) is 4.90 Å². The van der Waals surface area contributed by atoms with Gasteiger partial charge >= 0.3 is 0 Å². The molecule has 26 heavy (non-hydrogen) atoms. The fraction of sp³-hybridized carbons (Fsp3) is 0.600. The molecule has 0 atom stereocenters. The van der Waals surface area contributed by atoms with Gasteiger partial charge in [0.15, 0.2) is 18.1 Å². The van der Waals surface area contributed by atoms with Gasteiger partial charge in [0, 0.05) is 18.7 Å². The van der Waals surface area contributed by atoms with E-state index in [-0.39, 0.29) is 19.3 Å². The van der Waals surface area contributed by atoms with Crippen LogP contribution in [-0.4, -0.2) is 43.0 Å². The van der Waals surface area contributed by atoms with Crippen LogP contribution in [0.1, 0.15) is 57.4 Å². The third kappa shape index (κ3) is 4.68. The van der Waals surface area contributed by atoms with E-state index in [4.69, 9.17) is 14.3 Å². The second-order valence-electron chi connectivity index (χ2n) is 7.02. The van der Waals surface area contributed by atoms with Gasteiger partial charge in [-0.3, -0.25) is 4.79 Å². The van der Waals surface area contributed by atoms with Gasteiger partial charge in [0.25, 0.3) is 5.91 Å². The molecule has 0 saturated heterocycles. The minimum atomic E-state index is -0.0328. The normalized spacial score (nSPS) is 18.2. The second kappa shape index (κ2) is 8.92. The van der Waals surface area contributed by atoms with Gasteiger partial charge < -0.3 is 19.2 Å². The number of hydrogen-bond donors (Lipinski definition) is 0. The highest BCUT2D eigenvalue weighted by Gasteiger charge is 2.21. The minimum absolute atomic E-state index is 0.0159. The lowest BCUT2D eigenvalue weighted by molar-refractivity contribution is -0.137. The maximum absolute atomic E-state index is 12.4. The highest BCUT2D eigenvalue weighted by molar-refractivity contribution is 5.99. The highest BCUT2D eigenvalue weighted by atomic mass is 16.7. The van der Waals surface area contributed by atoms with Gasteiger partial charge in [-0.2, -0.15) is 0 Å². The van der Waals surface area contributed by atoms with Crippen LogP contribution >= 0.6 is 0 Å². The van der Waals surface area contributed by atoms with Gasteiger partial charge in [-0.25, -0.2) is 0 Å². The Morgan fingerprint density at radius 1 is 1.15 bits per heavy atom.